The van der Waals surface area contributed by atoms with Gasteiger partial charge in [-0.2, -0.15) is 0 Å². The molecule has 1 aromatic heterocycles. The SMILES string of the molecule is CC1(C)CC(N)c2ccc(N)nc21. The molecule has 2 rings (SSSR count). The molecule has 0 saturated carbocycles. The van der Waals surface area contributed by atoms with Gasteiger partial charge in [-0.15, -0.1) is 0 Å². The largest absolute Gasteiger partial charge is 0.384 e. The van der Waals surface area contributed by atoms with Crippen molar-refractivity contribution in [3.05, 3.63) is 23.4 Å². The Morgan fingerprint density at radius 3 is 2.85 bits per heavy atom. The van der Waals surface area contributed by atoms with Crippen molar-refractivity contribution in [1.29, 1.82) is 0 Å². The summed E-state index contributed by atoms with van der Waals surface area (Å²) in [5, 5.41) is 0. The van der Waals surface area contributed by atoms with Crippen LogP contribution >= 0.6 is 0 Å². The normalized spacial score (nSPS) is 24.4. The number of fused-ring (bicyclic) bond motifs is 1. The van der Waals surface area contributed by atoms with Gasteiger partial charge in [0.2, 0.25) is 0 Å². The van der Waals surface area contributed by atoms with Crippen LogP contribution in [0.4, 0.5) is 5.82 Å². The molecule has 3 nitrogen and oxygen atoms in total. The molecule has 0 aliphatic heterocycles. The van der Waals surface area contributed by atoms with E-state index in [1.807, 2.05) is 12.1 Å². The Labute approximate surface area is 78.1 Å². The molecule has 0 bridgehead atoms. The van der Waals surface area contributed by atoms with E-state index in [9.17, 15) is 0 Å². The lowest BCUT2D eigenvalue weighted by molar-refractivity contribution is 0.473. The quantitative estimate of drug-likeness (QED) is 0.628. The van der Waals surface area contributed by atoms with Crippen molar-refractivity contribution in [1.82, 2.24) is 4.98 Å². The number of anilines is 1. The highest BCUT2D eigenvalue weighted by molar-refractivity contribution is 5.42. The fourth-order valence-corrected chi connectivity index (χ4v) is 2.08. The predicted molar refractivity (Wildman–Crippen MR) is 53.2 cm³/mol. The summed E-state index contributed by atoms with van der Waals surface area (Å²) in [7, 11) is 0. The number of aromatic nitrogens is 1. The minimum absolute atomic E-state index is 0.0735. The molecule has 0 spiro atoms. The zero-order valence-electron chi connectivity index (χ0n) is 8.04. The van der Waals surface area contributed by atoms with Crippen LogP contribution in [0.5, 0.6) is 0 Å². The second-order valence-electron chi connectivity index (χ2n) is 4.37. The van der Waals surface area contributed by atoms with Crippen LogP contribution in [0.1, 0.15) is 37.6 Å². The fourth-order valence-electron chi connectivity index (χ4n) is 2.08. The van der Waals surface area contributed by atoms with E-state index in [1.54, 1.807) is 0 Å². The monoisotopic (exact) mass is 177 g/mol. The zero-order valence-corrected chi connectivity index (χ0v) is 8.04. The lowest BCUT2D eigenvalue weighted by Crippen LogP contribution is -2.15. The Balaban J connectivity index is 2.60. The van der Waals surface area contributed by atoms with E-state index in [1.165, 1.54) is 0 Å². The number of hydrogen-bond donors (Lipinski definition) is 2. The summed E-state index contributed by atoms with van der Waals surface area (Å²) >= 11 is 0. The first-order chi connectivity index (χ1) is 6.00. The molecule has 3 heteroatoms. The summed E-state index contributed by atoms with van der Waals surface area (Å²) in [5.74, 6) is 0.584. The Morgan fingerprint density at radius 1 is 1.46 bits per heavy atom. The third-order valence-corrected chi connectivity index (χ3v) is 2.72. The van der Waals surface area contributed by atoms with Gasteiger partial charge in [0, 0.05) is 11.5 Å². The van der Waals surface area contributed by atoms with Gasteiger partial charge in [-0.25, -0.2) is 4.98 Å². The fraction of sp³-hybridized carbons (Fsp3) is 0.500. The molecule has 1 aliphatic carbocycles. The van der Waals surface area contributed by atoms with Crippen molar-refractivity contribution in [2.45, 2.75) is 31.7 Å². The lowest BCUT2D eigenvalue weighted by atomic mass is 9.90. The minimum Gasteiger partial charge on any atom is -0.384 e. The van der Waals surface area contributed by atoms with Crippen LogP contribution in [0.3, 0.4) is 0 Å². The van der Waals surface area contributed by atoms with Gasteiger partial charge in [0.15, 0.2) is 0 Å². The highest BCUT2D eigenvalue weighted by Crippen LogP contribution is 2.42. The van der Waals surface area contributed by atoms with Crippen molar-refractivity contribution in [3.63, 3.8) is 0 Å². The lowest BCUT2D eigenvalue weighted by Gasteiger charge is -2.17. The van der Waals surface area contributed by atoms with Crippen molar-refractivity contribution >= 4 is 5.82 Å². The predicted octanol–water partition coefficient (Wildman–Crippen LogP) is 1.34. The van der Waals surface area contributed by atoms with Gasteiger partial charge in [-0.1, -0.05) is 19.9 Å². The Kier molecular flexibility index (Phi) is 1.60. The highest BCUT2D eigenvalue weighted by Gasteiger charge is 2.36. The van der Waals surface area contributed by atoms with Crippen LogP contribution < -0.4 is 11.5 Å². The molecule has 0 amide bonds. The third kappa shape index (κ3) is 1.20. The molecule has 1 atom stereocenters. The van der Waals surface area contributed by atoms with Crippen LogP contribution in [0, 0.1) is 0 Å². The van der Waals surface area contributed by atoms with Crippen LogP contribution in [-0.2, 0) is 5.41 Å². The summed E-state index contributed by atoms with van der Waals surface area (Å²) in [6.07, 6.45) is 0.957. The molecule has 1 heterocycles. The number of hydrogen-bond acceptors (Lipinski definition) is 3. The number of rotatable bonds is 0. The summed E-state index contributed by atoms with van der Waals surface area (Å²) < 4.78 is 0. The van der Waals surface area contributed by atoms with E-state index in [0.717, 1.165) is 17.7 Å². The average Bonchev–Trinajstić information content (AvgIpc) is 2.23. The molecule has 13 heavy (non-hydrogen) atoms. The van der Waals surface area contributed by atoms with Gasteiger partial charge in [-0.3, -0.25) is 0 Å². The third-order valence-electron chi connectivity index (χ3n) is 2.72. The number of nitrogen functional groups attached to an aromatic ring is 1. The molecule has 1 aromatic rings. The molecular weight excluding hydrogens is 162 g/mol. The maximum atomic E-state index is 5.99. The van der Waals surface area contributed by atoms with Gasteiger partial charge in [0.1, 0.15) is 5.82 Å². The first-order valence-corrected chi connectivity index (χ1v) is 4.53. The summed E-state index contributed by atoms with van der Waals surface area (Å²) in [6.45, 7) is 4.32. The minimum atomic E-state index is 0.0735. The van der Waals surface area contributed by atoms with Gasteiger partial charge >= 0.3 is 0 Å². The zero-order chi connectivity index (χ0) is 9.64. The smallest absolute Gasteiger partial charge is 0.123 e. The van der Waals surface area contributed by atoms with E-state index in [2.05, 4.69) is 18.8 Å². The second-order valence-corrected chi connectivity index (χ2v) is 4.37. The molecule has 70 valence electrons. The van der Waals surface area contributed by atoms with E-state index in [4.69, 9.17) is 11.5 Å². The van der Waals surface area contributed by atoms with Crippen LogP contribution in [-0.4, -0.2) is 4.98 Å². The molecule has 1 unspecified atom stereocenters. The van der Waals surface area contributed by atoms with Gasteiger partial charge in [0.05, 0.1) is 5.69 Å². The topological polar surface area (TPSA) is 64.9 Å². The first-order valence-electron chi connectivity index (χ1n) is 4.53. The standard InChI is InChI=1S/C10H15N3/c1-10(2)5-7(11)6-3-4-8(12)13-9(6)10/h3-4,7H,5,11H2,1-2H3,(H2,12,13). The summed E-state index contributed by atoms with van der Waals surface area (Å²) in [4.78, 5) is 4.35. The van der Waals surface area contributed by atoms with Crippen molar-refractivity contribution in [3.8, 4) is 0 Å². The maximum absolute atomic E-state index is 5.99. The number of pyridine rings is 1. The maximum Gasteiger partial charge on any atom is 0.123 e. The second kappa shape index (κ2) is 2.45. The van der Waals surface area contributed by atoms with Crippen LogP contribution in [0.15, 0.2) is 12.1 Å². The summed E-state index contributed by atoms with van der Waals surface area (Å²) in [6, 6.07) is 3.94. The van der Waals surface area contributed by atoms with Gasteiger partial charge in [-0.05, 0) is 18.1 Å². The average molecular weight is 177 g/mol. The van der Waals surface area contributed by atoms with E-state index < -0.39 is 0 Å². The molecule has 0 radical (unpaired) electrons. The molecular formula is C10H15N3. The van der Waals surface area contributed by atoms with Crippen molar-refractivity contribution in [2.75, 3.05) is 5.73 Å². The molecule has 1 aliphatic rings. The van der Waals surface area contributed by atoms with E-state index in [-0.39, 0.29) is 11.5 Å². The van der Waals surface area contributed by atoms with E-state index >= 15 is 0 Å². The first kappa shape index (κ1) is 8.51. The van der Waals surface area contributed by atoms with Crippen LogP contribution in [0.2, 0.25) is 0 Å². The number of nitrogens with zero attached hydrogens (tertiary/aromatic N) is 1. The highest BCUT2D eigenvalue weighted by atomic mass is 14.9. The molecule has 4 N–H and O–H groups in total. The van der Waals surface area contributed by atoms with Crippen molar-refractivity contribution in [2.24, 2.45) is 5.73 Å². The van der Waals surface area contributed by atoms with Crippen LogP contribution in [0.25, 0.3) is 0 Å². The Bertz CT molecular complexity index is 344. The van der Waals surface area contributed by atoms with Gasteiger partial charge in [0.25, 0.3) is 0 Å². The molecule has 0 fully saturated rings. The summed E-state index contributed by atoms with van der Waals surface area (Å²) in [5.41, 5.74) is 13.9. The Hall–Kier alpha value is -1.09. The molecule has 0 saturated heterocycles. The molecule has 0 aromatic carbocycles. The Morgan fingerprint density at radius 2 is 2.15 bits per heavy atom. The van der Waals surface area contributed by atoms with E-state index in [0.29, 0.717) is 5.82 Å². The van der Waals surface area contributed by atoms with Gasteiger partial charge < -0.3 is 11.5 Å². The number of nitrogens with two attached hydrogens (primary N) is 2. The van der Waals surface area contributed by atoms with Crippen molar-refractivity contribution < 1.29 is 0 Å².